The summed E-state index contributed by atoms with van der Waals surface area (Å²) in [6, 6.07) is 1.28. The lowest BCUT2D eigenvalue weighted by Gasteiger charge is -2.34. The summed E-state index contributed by atoms with van der Waals surface area (Å²) in [6.07, 6.45) is 9.48. The van der Waals surface area contributed by atoms with Gasteiger partial charge < -0.3 is 14.9 Å². The van der Waals surface area contributed by atoms with Crippen LogP contribution in [0.25, 0.3) is 5.41 Å². The van der Waals surface area contributed by atoms with Crippen molar-refractivity contribution < 1.29 is 4.48 Å². The number of hydrogen-bond donors (Lipinski definition) is 0. The van der Waals surface area contributed by atoms with Gasteiger partial charge in [0.1, 0.15) is 0 Å². The van der Waals surface area contributed by atoms with E-state index in [0.717, 1.165) is 0 Å². The van der Waals surface area contributed by atoms with E-state index in [9.17, 15) is 0 Å². The minimum atomic E-state index is 1.28. The molecule has 0 aliphatic heterocycles. The van der Waals surface area contributed by atoms with Crippen LogP contribution in [0.15, 0.2) is 4.99 Å². The third-order valence-corrected chi connectivity index (χ3v) is 3.25. The molecule has 0 amide bonds. The molecule has 0 saturated heterocycles. The molecule has 0 fully saturated rings. The molecule has 0 spiro atoms. The Morgan fingerprint density at radius 3 is 1.47 bits per heavy atom. The van der Waals surface area contributed by atoms with Gasteiger partial charge >= 0.3 is 0 Å². The van der Waals surface area contributed by atoms with Crippen molar-refractivity contribution in [3.8, 4) is 6.19 Å². The number of hydrogen-bond acceptors (Lipinski definition) is 2. The topological polar surface area (TPSA) is 58.5 Å². The maximum absolute atomic E-state index is 7.43. The normalized spacial score (nSPS) is 9.84. The summed E-state index contributed by atoms with van der Waals surface area (Å²) in [5.74, 6) is 0. The summed E-state index contributed by atoms with van der Waals surface area (Å²) in [5.41, 5.74) is 0. The van der Waals surface area contributed by atoms with E-state index in [1.807, 2.05) is 0 Å². The zero-order valence-corrected chi connectivity index (χ0v) is 13.2. The summed E-state index contributed by atoms with van der Waals surface area (Å²) in [6.45, 7) is 11.0. The van der Waals surface area contributed by atoms with Gasteiger partial charge in [-0.15, -0.1) is 6.01 Å². The molecule has 4 nitrogen and oxygen atoms in total. The lowest BCUT2D eigenvalue weighted by atomic mass is 10.2. The van der Waals surface area contributed by atoms with Gasteiger partial charge in [-0.25, -0.2) is 0 Å². The first-order chi connectivity index (χ1) is 9.10. The second-order valence-corrected chi connectivity index (χ2v) is 5.16. The highest BCUT2D eigenvalue weighted by atomic mass is 15.3. The number of rotatable bonds is 9. The Kier molecular flexibility index (Phi) is 15.8. The van der Waals surface area contributed by atoms with E-state index in [1.54, 1.807) is 0 Å². The lowest BCUT2D eigenvalue weighted by Crippen LogP contribution is -2.46. The molecular formula is C15H30N4. The average molecular weight is 266 g/mol. The van der Waals surface area contributed by atoms with Crippen LogP contribution in [0.4, 0.5) is 0 Å². The lowest BCUT2D eigenvalue weighted by molar-refractivity contribution is -0.910. The molecule has 0 aromatic rings. The van der Waals surface area contributed by atoms with E-state index < -0.39 is 0 Å². The summed E-state index contributed by atoms with van der Waals surface area (Å²) >= 11 is 0. The fourth-order valence-electron chi connectivity index (χ4n) is 1.98. The monoisotopic (exact) mass is 266 g/mol. The predicted octanol–water partition coefficient (Wildman–Crippen LogP) is 4.04. The molecule has 19 heavy (non-hydrogen) atoms. The summed E-state index contributed by atoms with van der Waals surface area (Å²) in [7, 11) is 2.45. The Bertz CT molecular complexity index is 253. The van der Waals surface area contributed by atoms with Gasteiger partial charge in [0.05, 0.1) is 32.9 Å². The van der Waals surface area contributed by atoms with E-state index in [-0.39, 0.29) is 0 Å². The van der Waals surface area contributed by atoms with Crippen molar-refractivity contribution in [2.75, 3.05) is 26.7 Å². The third kappa shape index (κ3) is 14.8. The van der Waals surface area contributed by atoms with Crippen molar-refractivity contribution in [1.82, 2.24) is 0 Å². The zero-order valence-electron chi connectivity index (χ0n) is 13.2. The van der Waals surface area contributed by atoms with Crippen LogP contribution in [0, 0.1) is 11.5 Å². The van der Waals surface area contributed by atoms with Gasteiger partial charge in [0.15, 0.2) is 0 Å². The molecule has 0 heterocycles. The molecule has 4 heteroatoms. The van der Waals surface area contributed by atoms with Gasteiger partial charge in [0.2, 0.25) is 0 Å². The van der Waals surface area contributed by atoms with Crippen molar-refractivity contribution in [3.05, 3.63) is 5.41 Å². The molecule has 0 aliphatic rings. The van der Waals surface area contributed by atoms with Crippen molar-refractivity contribution in [3.63, 3.8) is 0 Å². The van der Waals surface area contributed by atoms with E-state index >= 15 is 0 Å². The highest BCUT2D eigenvalue weighted by Crippen LogP contribution is 2.10. The Hall–Kier alpha value is -1.17. The quantitative estimate of drug-likeness (QED) is 0.353. The number of aliphatic imine (C=N–C) groups is 1. The molecule has 110 valence electrons. The Morgan fingerprint density at radius 1 is 0.947 bits per heavy atom. The fraction of sp³-hybridized carbons (Fsp3) is 0.867. The van der Waals surface area contributed by atoms with Crippen molar-refractivity contribution in [1.29, 1.82) is 5.26 Å². The van der Waals surface area contributed by atoms with Gasteiger partial charge in [-0.3, -0.25) is 0 Å². The molecule has 0 bridgehead atoms. The molecule has 0 saturated carbocycles. The molecule has 0 radical (unpaired) electrons. The van der Waals surface area contributed by atoms with Gasteiger partial charge in [0.25, 0.3) is 0 Å². The van der Waals surface area contributed by atoms with Gasteiger partial charge in [-0.05, 0) is 19.3 Å². The first kappa shape index (κ1) is 20.2. The van der Waals surface area contributed by atoms with Crippen molar-refractivity contribution in [2.24, 2.45) is 4.99 Å². The minimum absolute atomic E-state index is 1.28. The van der Waals surface area contributed by atoms with Crippen LogP contribution < -0.4 is 0 Å². The van der Waals surface area contributed by atoms with Crippen LogP contribution in [-0.2, 0) is 0 Å². The van der Waals surface area contributed by atoms with Crippen molar-refractivity contribution >= 4 is 6.01 Å². The average Bonchev–Trinajstić information content (AvgIpc) is 2.42. The molecule has 0 rings (SSSR count). The number of unbranched alkanes of at least 4 members (excludes halogenated alkanes) is 3. The SMILES string of the molecule is CCCC[N+](C)(CCCC)CCCC.N#CN=C=[N-]. The molecule has 0 N–H and O–H groups in total. The molecule has 0 aliphatic carbocycles. The van der Waals surface area contributed by atoms with Gasteiger partial charge in [-0.2, -0.15) is 5.26 Å². The second-order valence-electron chi connectivity index (χ2n) is 5.16. The summed E-state index contributed by atoms with van der Waals surface area (Å²) in [4.78, 5) is 2.58. The first-order valence-electron chi connectivity index (χ1n) is 7.41. The minimum Gasteiger partial charge on any atom is -0.422 e. The van der Waals surface area contributed by atoms with E-state index in [4.69, 9.17) is 10.7 Å². The number of nitrogens with zero attached hydrogens (tertiary/aromatic N) is 4. The smallest absolute Gasteiger partial charge is 0.0925 e. The molecule has 0 aromatic carbocycles. The Labute approximate surface area is 119 Å². The maximum atomic E-state index is 7.43. The first-order valence-corrected chi connectivity index (χ1v) is 7.41. The fourth-order valence-corrected chi connectivity index (χ4v) is 1.98. The molecule has 0 aromatic heterocycles. The number of quaternary nitrogens is 1. The summed E-state index contributed by atoms with van der Waals surface area (Å²) in [5, 5.41) is 14.9. The van der Waals surface area contributed by atoms with Crippen molar-refractivity contribution in [2.45, 2.75) is 59.3 Å². The van der Waals surface area contributed by atoms with E-state index in [2.05, 4.69) is 32.8 Å². The molecular weight excluding hydrogens is 236 g/mol. The van der Waals surface area contributed by atoms with Crippen LogP contribution in [0.5, 0.6) is 0 Å². The van der Waals surface area contributed by atoms with Crippen LogP contribution in [0.1, 0.15) is 59.3 Å². The van der Waals surface area contributed by atoms with Gasteiger partial charge in [-0.1, -0.05) is 40.0 Å². The standard InChI is InChI=1S/C13H30N.C2N3/c1-5-8-11-14(4,12-9-6-2)13-10-7-3;3-1-5-2-4/h5-13H2,1-4H3;/q+1;-1. The summed E-state index contributed by atoms with van der Waals surface area (Å²) < 4.78 is 1.32. The predicted molar refractivity (Wildman–Crippen MR) is 81.9 cm³/mol. The third-order valence-electron chi connectivity index (χ3n) is 3.25. The molecule has 0 atom stereocenters. The van der Waals surface area contributed by atoms with E-state index in [0.29, 0.717) is 0 Å². The van der Waals surface area contributed by atoms with Gasteiger partial charge in [0, 0.05) is 0 Å². The van der Waals surface area contributed by atoms with Crippen LogP contribution >= 0.6 is 0 Å². The van der Waals surface area contributed by atoms with Crippen LogP contribution in [0.2, 0.25) is 0 Å². The van der Waals surface area contributed by atoms with Crippen LogP contribution in [-0.4, -0.2) is 37.2 Å². The Balaban J connectivity index is 0. The highest BCUT2D eigenvalue weighted by Gasteiger charge is 2.18. The Morgan fingerprint density at radius 2 is 1.32 bits per heavy atom. The molecule has 0 unspecified atom stereocenters. The zero-order chi connectivity index (χ0) is 15.0. The number of nitriles is 1. The maximum Gasteiger partial charge on any atom is 0.0925 e. The largest absolute Gasteiger partial charge is 0.422 e. The van der Waals surface area contributed by atoms with Crippen LogP contribution in [0.3, 0.4) is 0 Å². The second kappa shape index (κ2) is 14.9. The van der Waals surface area contributed by atoms with E-state index in [1.165, 1.54) is 74.8 Å². The highest BCUT2D eigenvalue weighted by molar-refractivity contribution is 5.46.